The van der Waals surface area contributed by atoms with Gasteiger partial charge in [-0.3, -0.25) is 0 Å². The smallest absolute Gasteiger partial charge is 0.350 e. The molecule has 0 aliphatic heterocycles. The van der Waals surface area contributed by atoms with Crippen molar-refractivity contribution in [3.05, 3.63) is 15.6 Å². The average molecular weight is 378 g/mol. The maximum absolute atomic E-state index is 13.3. The molecule has 1 atom stereocenters. The highest BCUT2D eigenvalue weighted by atomic mass is 32.1. The van der Waals surface area contributed by atoms with Crippen LogP contribution in [0, 0.1) is 0 Å². The molecule has 0 aromatic carbocycles. The summed E-state index contributed by atoms with van der Waals surface area (Å²) in [5.74, 6) is -4.10. The second-order valence-corrected chi connectivity index (χ2v) is 13.5. The number of ether oxygens (including phenoxy) is 1. The molecule has 1 fully saturated rings. The van der Waals surface area contributed by atoms with Gasteiger partial charge in [-0.1, -0.05) is 20.8 Å². The van der Waals surface area contributed by atoms with Crippen molar-refractivity contribution in [1.82, 2.24) is 4.98 Å². The van der Waals surface area contributed by atoms with Gasteiger partial charge < -0.3 is 9.16 Å². The van der Waals surface area contributed by atoms with E-state index < -0.39 is 26.1 Å². The third kappa shape index (κ3) is 4.03. The van der Waals surface area contributed by atoms with E-state index in [0.29, 0.717) is 10.7 Å². The Labute approximate surface area is 146 Å². The van der Waals surface area contributed by atoms with Crippen LogP contribution in [-0.2, 0) is 15.8 Å². The molecule has 0 bridgehead atoms. The summed E-state index contributed by atoms with van der Waals surface area (Å²) >= 11 is 1.01. The van der Waals surface area contributed by atoms with Crippen LogP contribution in [0.4, 0.5) is 8.78 Å². The van der Waals surface area contributed by atoms with E-state index in [0.717, 1.165) is 11.3 Å². The van der Waals surface area contributed by atoms with E-state index in [-0.39, 0.29) is 29.5 Å². The first-order chi connectivity index (χ1) is 10.9. The second kappa shape index (κ2) is 6.46. The standard InChI is InChI=1S/C16H25F2NO3SSi/c1-7-21-14(20)12-11(9-22-24(5,6)15(2,3)4)19-13(23-12)10-8-16(10,17)18/h10H,7-9H2,1-6H3. The van der Waals surface area contributed by atoms with Gasteiger partial charge in [0.05, 0.1) is 24.8 Å². The zero-order valence-electron chi connectivity index (χ0n) is 15.0. The Morgan fingerprint density at radius 3 is 2.46 bits per heavy atom. The molecule has 1 heterocycles. The minimum absolute atomic E-state index is 0.0134. The molecular weight excluding hydrogens is 352 g/mol. The number of hydrogen-bond acceptors (Lipinski definition) is 5. The Kier molecular flexibility index (Phi) is 5.24. The molecule has 0 spiro atoms. The lowest BCUT2D eigenvalue weighted by atomic mass is 10.2. The molecule has 1 unspecified atom stereocenters. The van der Waals surface area contributed by atoms with Crippen LogP contribution in [0.15, 0.2) is 0 Å². The number of aromatic nitrogens is 1. The molecule has 4 nitrogen and oxygen atoms in total. The van der Waals surface area contributed by atoms with Crippen molar-refractivity contribution in [2.45, 2.75) is 70.7 Å². The summed E-state index contributed by atoms with van der Waals surface area (Å²) in [6.07, 6.45) is -0.203. The van der Waals surface area contributed by atoms with E-state index in [2.05, 4.69) is 38.8 Å². The number of nitrogens with zero attached hydrogens (tertiary/aromatic N) is 1. The third-order valence-electron chi connectivity index (χ3n) is 4.67. The molecule has 1 aromatic rings. The van der Waals surface area contributed by atoms with Crippen molar-refractivity contribution in [3.63, 3.8) is 0 Å². The van der Waals surface area contributed by atoms with Crippen LogP contribution in [0.1, 0.15) is 60.4 Å². The predicted molar refractivity (Wildman–Crippen MR) is 92.4 cm³/mol. The van der Waals surface area contributed by atoms with Gasteiger partial charge in [0.25, 0.3) is 5.92 Å². The highest BCUT2D eigenvalue weighted by Gasteiger charge is 2.59. The molecule has 0 N–H and O–H groups in total. The molecule has 1 aliphatic carbocycles. The topological polar surface area (TPSA) is 48.4 Å². The number of rotatable bonds is 6. The maximum atomic E-state index is 13.3. The van der Waals surface area contributed by atoms with E-state index in [1.54, 1.807) is 6.92 Å². The summed E-state index contributed by atoms with van der Waals surface area (Å²) in [6, 6.07) is 0. The number of alkyl halides is 2. The zero-order chi connectivity index (χ0) is 18.3. The Morgan fingerprint density at radius 1 is 1.42 bits per heavy atom. The molecule has 2 rings (SSSR count). The summed E-state index contributed by atoms with van der Waals surface area (Å²) in [7, 11) is -2.03. The van der Waals surface area contributed by atoms with E-state index in [4.69, 9.17) is 9.16 Å². The normalized spacial score (nSPS) is 20.1. The minimum atomic E-state index is -2.71. The number of carbonyl (C=O) groups is 1. The molecule has 1 aromatic heterocycles. The van der Waals surface area contributed by atoms with Gasteiger partial charge in [0.1, 0.15) is 9.88 Å². The first-order valence-corrected chi connectivity index (χ1v) is 11.8. The van der Waals surface area contributed by atoms with Gasteiger partial charge in [0, 0.05) is 6.42 Å². The highest BCUT2D eigenvalue weighted by Crippen LogP contribution is 2.56. The summed E-state index contributed by atoms with van der Waals surface area (Å²) < 4.78 is 37.8. The maximum Gasteiger partial charge on any atom is 0.350 e. The van der Waals surface area contributed by atoms with Crippen molar-refractivity contribution in [2.75, 3.05) is 6.61 Å². The monoisotopic (exact) mass is 377 g/mol. The lowest BCUT2D eigenvalue weighted by Crippen LogP contribution is -2.40. The fraction of sp³-hybridized carbons (Fsp3) is 0.750. The Balaban J connectivity index is 2.22. The molecule has 1 aliphatic rings. The van der Waals surface area contributed by atoms with Crippen LogP contribution in [0.5, 0.6) is 0 Å². The predicted octanol–water partition coefficient (Wildman–Crippen LogP) is 4.96. The largest absolute Gasteiger partial charge is 0.462 e. The van der Waals surface area contributed by atoms with Crippen LogP contribution in [0.25, 0.3) is 0 Å². The first kappa shape index (κ1) is 19.5. The molecule has 136 valence electrons. The van der Waals surface area contributed by atoms with Crippen LogP contribution < -0.4 is 0 Å². The quantitative estimate of drug-likeness (QED) is 0.519. The SMILES string of the molecule is CCOC(=O)c1sc(C2CC2(F)F)nc1CO[Si](C)(C)C(C)(C)C. The molecule has 0 saturated heterocycles. The van der Waals surface area contributed by atoms with Crippen molar-refractivity contribution < 1.29 is 22.7 Å². The Bertz CT molecular complexity index is 625. The van der Waals surface area contributed by atoms with Gasteiger partial charge in [0.15, 0.2) is 8.32 Å². The fourth-order valence-electron chi connectivity index (χ4n) is 1.92. The van der Waals surface area contributed by atoms with E-state index in [1.807, 2.05) is 0 Å². The summed E-state index contributed by atoms with van der Waals surface area (Å²) in [4.78, 5) is 16.7. The van der Waals surface area contributed by atoms with Gasteiger partial charge in [-0.2, -0.15) is 0 Å². The number of thiazole rings is 1. The summed E-state index contributed by atoms with van der Waals surface area (Å²) in [5, 5.41) is 0.316. The van der Waals surface area contributed by atoms with Gasteiger partial charge in [-0.25, -0.2) is 18.6 Å². The van der Waals surface area contributed by atoms with E-state index >= 15 is 0 Å². The van der Waals surface area contributed by atoms with E-state index in [9.17, 15) is 13.6 Å². The van der Waals surface area contributed by atoms with Crippen LogP contribution in [0.3, 0.4) is 0 Å². The summed E-state index contributed by atoms with van der Waals surface area (Å²) in [6.45, 7) is 12.6. The number of carbonyl (C=O) groups excluding carboxylic acids is 1. The molecule has 0 amide bonds. The number of esters is 1. The first-order valence-electron chi connectivity index (χ1n) is 8.07. The molecule has 1 saturated carbocycles. The van der Waals surface area contributed by atoms with Crippen molar-refractivity contribution in [2.24, 2.45) is 0 Å². The van der Waals surface area contributed by atoms with Crippen molar-refractivity contribution in [3.8, 4) is 0 Å². The highest BCUT2D eigenvalue weighted by molar-refractivity contribution is 7.13. The molecule has 24 heavy (non-hydrogen) atoms. The lowest BCUT2D eigenvalue weighted by molar-refractivity contribution is 0.0528. The number of hydrogen-bond donors (Lipinski definition) is 0. The fourth-order valence-corrected chi connectivity index (χ4v) is 3.98. The second-order valence-electron chi connectivity index (χ2n) is 7.62. The van der Waals surface area contributed by atoms with Gasteiger partial charge in [-0.15, -0.1) is 11.3 Å². The minimum Gasteiger partial charge on any atom is -0.462 e. The van der Waals surface area contributed by atoms with Gasteiger partial charge in [-0.05, 0) is 25.1 Å². The molecule has 8 heteroatoms. The Morgan fingerprint density at radius 2 is 2.00 bits per heavy atom. The van der Waals surface area contributed by atoms with Gasteiger partial charge >= 0.3 is 5.97 Å². The lowest BCUT2D eigenvalue weighted by Gasteiger charge is -2.35. The van der Waals surface area contributed by atoms with Crippen molar-refractivity contribution >= 4 is 25.6 Å². The van der Waals surface area contributed by atoms with E-state index in [1.165, 1.54) is 0 Å². The zero-order valence-corrected chi connectivity index (χ0v) is 16.9. The average Bonchev–Trinajstić information content (AvgIpc) is 2.90. The molecular formula is C16H25F2NO3SSi. The Hall–Kier alpha value is -0.863. The molecule has 0 radical (unpaired) electrons. The summed E-state index contributed by atoms with van der Waals surface area (Å²) in [5.41, 5.74) is 0.418. The number of halogens is 2. The van der Waals surface area contributed by atoms with Crippen LogP contribution in [0.2, 0.25) is 18.1 Å². The van der Waals surface area contributed by atoms with Crippen LogP contribution in [-0.4, -0.2) is 31.8 Å². The van der Waals surface area contributed by atoms with Gasteiger partial charge in [0.2, 0.25) is 0 Å². The van der Waals surface area contributed by atoms with Crippen molar-refractivity contribution in [1.29, 1.82) is 0 Å². The van der Waals surface area contributed by atoms with Crippen LogP contribution >= 0.6 is 11.3 Å². The third-order valence-corrected chi connectivity index (χ3v) is 10.3.